The average Bonchev–Trinajstić information content (AvgIpc) is 2.72. The lowest BCUT2D eigenvalue weighted by Gasteiger charge is -2.34. The van der Waals surface area contributed by atoms with Gasteiger partial charge in [0, 0.05) is 11.6 Å². The first-order valence-corrected chi connectivity index (χ1v) is 9.04. The lowest BCUT2D eigenvalue weighted by atomic mass is 9.70. The van der Waals surface area contributed by atoms with Gasteiger partial charge in [-0.15, -0.1) is 0 Å². The van der Waals surface area contributed by atoms with E-state index in [0.29, 0.717) is 18.1 Å². The Kier molecular flexibility index (Phi) is 5.52. The number of nitriles is 1. The number of nitrogens with zero attached hydrogens (tertiary/aromatic N) is 3. The number of rotatable bonds is 6. The van der Waals surface area contributed by atoms with Crippen LogP contribution in [0.4, 0.5) is 0 Å². The average molecular weight is 357 g/mol. The zero-order valence-corrected chi connectivity index (χ0v) is 15.9. The van der Waals surface area contributed by atoms with E-state index < -0.39 is 0 Å². The molecule has 0 saturated carbocycles. The van der Waals surface area contributed by atoms with Gasteiger partial charge in [-0.2, -0.15) is 5.26 Å². The molecule has 0 aliphatic carbocycles. The van der Waals surface area contributed by atoms with E-state index in [0.717, 1.165) is 22.7 Å². The maximum atomic E-state index is 9.04. The molecule has 0 fully saturated rings. The smallest absolute Gasteiger partial charge is 0.138 e. The zero-order valence-electron chi connectivity index (χ0n) is 15.9. The van der Waals surface area contributed by atoms with Gasteiger partial charge in [0.1, 0.15) is 12.4 Å². The molecule has 27 heavy (non-hydrogen) atoms. The largest absolute Gasteiger partial charge is 0.486 e. The lowest BCUT2D eigenvalue weighted by molar-refractivity contribution is 0.299. The van der Waals surface area contributed by atoms with Gasteiger partial charge in [0.25, 0.3) is 0 Å². The van der Waals surface area contributed by atoms with Crippen LogP contribution < -0.4 is 4.74 Å². The Morgan fingerprint density at radius 3 is 2.37 bits per heavy atom. The number of hydrogen-bond acceptors (Lipinski definition) is 4. The highest BCUT2D eigenvalue weighted by Crippen LogP contribution is 2.38. The first kappa shape index (κ1) is 18.6. The lowest BCUT2D eigenvalue weighted by Crippen LogP contribution is -2.31. The first-order chi connectivity index (χ1) is 13.0. The molecule has 1 atom stereocenters. The first-order valence-electron chi connectivity index (χ1n) is 9.04. The zero-order chi connectivity index (χ0) is 19.3. The van der Waals surface area contributed by atoms with E-state index in [9.17, 15) is 0 Å². The van der Waals surface area contributed by atoms with Crippen molar-refractivity contribution in [2.24, 2.45) is 5.92 Å². The van der Waals surface area contributed by atoms with Gasteiger partial charge in [-0.05, 0) is 54.8 Å². The Morgan fingerprint density at radius 2 is 1.81 bits per heavy atom. The van der Waals surface area contributed by atoms with Gasteiger partial charge in [0.15, 0.2) is 0 Å². The summed E-state index contributed by atoms with van der Waals surface area (Å²) in [6.45, 7) is 6.98. The van der Waals surface area contributed by atoms with E-state index in [1.54, 1.807) is 12.4 Å². The highest BCUT2D eigenvalue weighted by molar-refractivity contribution is 5.41. The minimum Gasteiger partial charge on any atom is -0.486 e. The molecule has 0 amide bonds. The third-order valence-electron chi connectivity index (χ3n) is 5.15. The van der Waals surface area contributed by atoms with Gasteiger partial charge in [0.2, 0.25) is 0 Å². The van der Waals surface area contributed by atoms with E-state index in [-0.39, 0.29) is 5.41 Å². The van der Waals surface area contributed by atoms with Crippen LogP contribution in [0, 0.1) is 17.2 Å². The molecule has 1 aromatic carbocycles. The van der Waals surface area contributed by atoms with Crippen LogP contribution in [-0.2, 0) is 12.0 Å². The summed E-state index contributed by atoms with van der Waals surface area (Å²) in [6, 6.07) is 19.7. The van der Waals surface area contributed by atoms with Crippen molar-refractivity contribution >= 4 is 0 Å². The monoisotopic (exact) mass is 357 g/mol. The molecule has 3 rings (SSSR count). The summed E-state index contributed by atoms with van der Waals surface area (Å²) in [5, 5.41) is 9.04. The minimum atomic E-state index is -0.256. The van der Waals surface area contributed by atoms with Crippen LogP contribution >= 0.6 is 0 Å². The molecule has 4 nitrogen and oxygen atoms in total. The van der Waals surface area contributed by atoms with E-state index in [2.05, 4.69) is 31.8 Å². The maximum absolute atomic E-state index is 9.04. The third-order valence-corrected chi connectivity index (χ3v) is 5.15. The van der Waals surface area contributed by atoms with Crippen LogP contribution in [0.5, 0.6) is 5.75 Å². The molecule has 0 spiro atoms. The number of pyridine rings is 2. The van der Waals surface area contributed by atoms with Crippen molar-refractivity contribution in [3.8, 4) is 11.8 Å². The Morgan fingerprint density at radius 1 is 1.04 bits per heavy atom. The predicted octanol–water partition coefficient (Wildman–Crippen LogP) is 4.89. The van der Waals surface area contributed by atoms with Crippen molar-refractivity contribution in [2.75, 3.05) is 0 Å². The van der Waals surface area contributed by atoms with Crippen molar-refractivity contribution in [2.45, 2.75) is 32.8 Å². The molecule has 0 bridgehead atoms. The van der Waals surface area contributed by atoms with E-state index in [1.165, 1.54) is 0 Å². The summed E-state index contributed by atoms with van der Waals surface area (Å²) in [4.78, 5) is 8.95. The fourth-order valence-corrected chi connectivity index (χ4v) is 3.08. The van der Waals surface area contributed by atoms with Crippen molar-refractivity contribution in [3.05, 3.63) is 89.5 Å². The Balaban J connectivity index is 1.82. The van der Waals surface area contributed by atoms with Crippen molar-refractivity contribution in [3.63, 3.8) is 0 Å². The summed E-state index contributed by atoms with van der Waals surface area (Å²) in [5.41, 5.74) is 3.41. The Bertz CT molecular complexity index is 913. The fourth-order valence-electron chi connectivity index (χ4n) is 3.08. The summed E-state index contributed by atoms with van der Waals surface area (Å²) in [7, 11) is 0. The molecule has 1 unspecified atom stereocenters. The molecule has 2 heterocycles. The molecule has 0 aliphatic rings. The molecule has 2 aromatic heterocycles. The molecule has 0 radical (unpaired) electrons. The fraction of sp³-hybridized carbons (Fsp3) is 0.261. The normalized spacial score (nSPS) is 13.0. The van der Waals surface area contributed by atoms with Gasteiger partial charge < -0.3 is 4.74 Å². The van der Waals surface area contributed by atoms with Crippen LogP contribution in [0.2, 0.25) is 0 Å². The van der Waals surface area contributed by atoms with E-state index >= 15 is 0 Å². The highest BCUT2D eigenvalue weighted by Gasteiger charge is 2.33. The predicted molar refractivity (Wildman–Crippen MR) is 105 cm³/mol. The molecule has 4 heteroatoms. The van der Waals surface area contributed by atoms with Gasteiger partial charge in [-0.1, -0.05) is 32.0 Å². The quantitative estimate of drug-likeness (QED) is 0.630. The van der Waals surface area contributed by atoms with Crippen LogP contribution in [0.3, 0.4) is 0 Å². The number of benzene rings is 1. The summed E-state index contributed by atoms with van der Waals surface area (Å²) in [5.74, 6) is 1.05. The molecular weight excluding hydrogens is 334 g/mol. The van der Waals surface area contributed by atoms with Gasteiger partial charge in [0.05, 0.1) is 29.2 Å². The molecule has 136 valence electrons. The summed E-state index contributed by atoms with van der Waals surface area (Å²) >= 11 is 0. The van der Waals surface area contributed by atoms with Gasteiger partial charge >= 0.3 is 0 Å². The van der Waals surface area contributed by atoms with Gasteiger partial charge in [-0.25, -0.2) is 0 Å². The number of ether oxygens (including phenoxy) is 1. The molecular formula is C23H23N3O. The maximum Gasteiger partial charge on any atom is 0.138 e. The molecule has 0 saturated heterocycles. The molecule has 0 aliphatic heterocycles. The summed E-state index contributed by atoms with van der Waals surface area (Å²) in [6.07, 6.45) is 3.52. The van der Waals surface area contributed by atoms with Crippen molar-refractivity contribution in [1.82, 2.24) is 9.97 Å². The van der Waals surface area contributed by atoms with Crippen LogP contribution in [-0.4, -0.2) is 9.97 Å². The second-order valence-electron chi connectivity index (χ2n) is 7.04. The third kappa shape index (κ3) is 3.98. The molecule has 3 aromatic rings. The van der Waals surface area contributed by atoms with Crippen molar-refractivity contribution in [1.29, 1.82) is 5.26 Å². The number of hydrogen-bond donors (Lipinski definition) is 0. The van der Waals surface area contributed by atoms with Crippen molar-refractivity contribution < 1.29 is 4.74 Å². The summed E-state index contributed by atoms with van der Waals surface area (Å²) < 4.78 is 5.80. The second-order valence-corrected chi connectivity index (χ2v) is 7.04. The minimum absolute atomic E-state index is 0.256. The van der Waals surface area contributed by atoms with E-state index in [4.69, 9.17) is 15.0 Å². The second kappa shape index (κ2) is 8.01. The highest BCUT2D eigenvalue weighted by atomic mass is 16.5. The Labute approximate surface area is 160 Å². The standard InChI is InChI=1S/C23H23N3O/c1-17(2)23(3,19-9-7-18(14-24)8-10-19)22-12-11-21(15-26-22)27-16-20-6-4-5-13-25-20/h4-13,15,17H,16H2,1-3H3. The Hall–Kier alpha value is -3.19. The molecule has 0 N–H and O–H groups in total. The van der Waals surface area contributed by atoms with Crippen LogP contribution in [0.25, 0.3) is 0 Å². The SMILES string of the molecule is CC(C)C(C)(c1ccc(C#N)cc1)c1ccc(OCc2ccccn2)cn1. The van der Waals surface area contributed by atoms with E-state index in [1.807, 2.05) is 54.6 Å². The topological polar surface area (TPSA) is 58.8 Å². The van der Waals surface area contributed by atoms with Gasteiger partial charge in [-0.3, -0.25) is 9.97 Å². The van der Waals surface area contributed by atoms with Crippen LogP contribution in [0.15, 0.2) is 67.0 Å². The number of aromatic nitrogens is 2. The van der Waals surface area contributed by atoms with Crippen LogP contribution in [0.1, 0.15) is 43.3 Å².